The van der Waals surface area contributed by atoms with Crippen molar-refractivity contribution in [2.24, 2.45) is 0 Å². The summed E-state index contributed by atoms with van der Waals surface area (Å²) < 4.78 is 0.264. The standard InChI is InChI=1S/C30H55NO6/c1-2-3-4-5-6-7-8-9-10-11-12-13-14-15-16-17-18-19-20-24-31(25-21-28(32)33,26-22-29(34)35)27-23-30(36)37/h5-6H,2-4,7-27H2,1H3,(H2-,32,33,34,35,36,37)/p+1/b6-5+. The second kappa shape index (κ2) is 24.4. The van der Waals surface area contributed by atoms with E-state index >= 15 is 0 Å². The number of carboxylic acid groups (broad SMARTS) is 3. The van der Waals surface area contributed by atoms with E-state index in [4.69, 9.17) is 15.3 Å². The van der Waals surface area contributed by atoms with E-state index in [1.54, 1.807) is 0 Å². The molecule has 37 heavy (non-hydrogen) atoms. The van der Waals surface area contributed by atoms with Crippen LogP contribution in [-0.2, 0) is 14.4 Å². The van der Waals surface area contributed by atoms with Gasteiger partial charge in [-0.25, -0.2) is 0 Å². The molecular weight excluding hydrogens is 470 g/mol. The third-order valence-electron chi connectivity index (χ3n) is 7.29. The molecule has 0 amide bonds. The van der Waals surface area contributed by atoms with Crippen molar-refractivity contribution in [1.29, 1.82) is 0 Å². The molecule has 0 spiro atoms. The van der Waals surface area contributed by atoms with Gasteiger partial charge in [0.1, 0.15) is 0 Å². The van der Waals surface area contributed by atoms with Crippen molar-refractivity contribution in [3.05, 3.63) is 12.2 Å². The Hall–Kier alpha value is -1.89. The Morgan fingerprint density at radius 2 is 0.811 bits per heavy atom. The molecule has 0 radical (unpaired) electrons. The summed E-state index contributed by atoms with van der Waals surface area (Å²) in [7, 11) is 0. The first-order chi connectivity index (χ1) is 17.8. The largest absolute Gasteiger partial charge is 0.481 e. The van der Waals surface area contributed by atoms with E-state index in [2.05, 4.69) is 19.1 Å². The third-order valence-corrected chi connectivity index (χ3v) is 7.29. The molecule has 0 rings (SSSR count). The normalized spacial score (nSPS) is 11.8. The first-order valence-corrected chi connectivity index (χ1v) is 15.0. The Balaban J connectivity index is 3.93. The van der Waals surface area contributed by atoms with E-state index in [0.29, 0.717) is 6.54 Å². The lowest BCUT2D eigenvalue weighted by Crippen LogP contribution is -2.52. The predicted molar refractivity (Wildman–Crippen MR) is 150 cm³/mol. The Morgan fingerprint density at radius 1 is 0.486 bits per heavy atom. The van der Waals surface area contributed by atoms with Crippen molar-refractivity contribution < 1.29 is 34.2 Å². The van der Waals surface area contributed by atoms with Gasteiger partial charge in [0.15, 0.2) is 0 Å². The van der Waals surface area contributed by atoms with E-state index < -0.39 is 17.9 Å². The summed E-state index contributed by atoms with van der Waals surface area (Å²) in [6.07, 6.45) is 25.6. The van der Waals surface area contributed by atoms with Gasteiger partial charge in [-0.1, -0.05) is 96.1 Å². The summed E-state index contributed by atoms with van der Waals surface area (Å²) >= 11 is 0. The minimum absolute atomic E-state index is 0.0737. The van der Waals surface area contributed by atoms with Gasteiger partial charge in [0.25, 0.3) is 0 Å². The molecule has 0 saturated heterocycles. The maximum absolute atomic E-state index is 11.1. The number of unbranched alkanes of at least 4 members (excludes halogenated alkanes) is 15. The minimum Gasteiger partial charge on any atom is -0.481 e. The molecule has 3 N–H and O–H groups in total. The van der Waals surface area contributed by atoms with Crippen LogP contribution in [0.2, 0.25) is 0 Å². The van der Waals surface area contributed by atoms with Crippen LogP contribution in [0.4, 0.5) is 0 Å². The summed E-state index contributed by atoms with van der Waals surface area (Å²) in [5.74, 6) is -2.80. The fourth-order valence-corrected chi connectivity index (χ4v) is 4.88. The highest BCUT2D eigenvalue weighted by Crippen LogP contribution is 2.17. The Morgan fingerprint density at radius 3 is 1.16 bits per heavy atom. The van der Waals surface area contributed by atoms with Gasteiger partial charge in [-0.3, -0.25) is 14.4 Å². The second-order valence-electron chi connectivity index (χ2n) is 10.7. The van der Waals surface area contributed by atoms with Gasteiger partial charge in [0.2, 0.25) is 0 Å². The summed E-state index contributed by atoms with van der Waals surface area (Å²) in [6, 6.07) is 0. The van der Waals surface area contributed by atoms with Gasteiger partial charge in [0, 0.05) is 0 Å². The summed E-state index contributed by atoms with van der Waals surface area (Å²) in [5.41, 5.74) is 0. The van der Waals surface area contributed by atoms with E-state index in [0.717, 1.165) is 19.3 Å². The molecule has 0 unspecified atom stereocenters. The number of carbonyl (C=O) groups is 3. The maximum Gasteiger partial charge on any atom is 0.309 e. The molecule has 0 fully saturated rings. The molecule has 0 bridgehead atoms. The van der Waals surface area contributed by atoms with Gasteiger partial charge < -0.3 is 19.8 Å². The zero-order valence-corrected chi connectivity index (χ0v) is 23.6. The highest BCUT2D eigenvalue weighted by atomic mass is 16.4. The molecule has 0 aromatic carbocycles. The molecule has 0 aliphatic carbocycles. The van der Waals surface area contributed by atoms with E-state index in [1.165, 1.54) is 89.9 Å². The topological polar surface area (TPSA) is 112 Å². The molecule has 0 saturated carbocycles. The number of hydrogen-bond donors (Lipinski definition) is 3. The zero-order chi connectivity index (χ0) is 27.6. The SMILES string of the molecule is CCCC/C=C/CCCCCCCCCCCCCCC[N+](CCC(=O)O)(CCC(=O)O)CCC(=O)O. The van der Waals surface area contributed by atoms with Gasteiger partial charge >= 0.3 is 17.9 Å². The van der Waals surface area contributed by atoms with Gasteiger partial charge in [0.05, 0.1) is 45.4 Å². The number of hydrogen-bond acceptors (Lipinski definition) is 3. The lowest BCUT2D eigenvalue weighted by molar-refractivity contribution is -0.927. The number of aliphatic carboxylic acids is 3. The molecule has 7 heteroatoms. The average molecular weight is 527 g/mol. The number of nitrogens with zero attached hydrogens (tertiary/aromatic N) is 1. The van der Waals surface area contributed by atoms with E-state index in [1.807, 2.05) is 0 Å². The summed E-state index contributed by atoms with van der Waals surface area (Å²) in [6.45, 7) is 3.73. The Labute approximate surface area is 225 Å². The monoisotopic (exact) mass is 526 g/mol. The van der Waals surface area contributed by atoms with Crippen molar-refractivity contribution in [1.82, 2.24) is 0 Å². The molecule has 0 atom stereocenters. The molecule has 0 aliphatic rings. The highest BCUT2D eigenvalue weighted by molar-refractivity contribution is 5.67. The fraction of sp³-hybridized carbons (Fsp3) is 0.833. The van der Waals surface area contributed by atoms with E-state index in [9.17, 15) is 14.4 Å². The van der Waals surface area contributed by atoms with Crippen LogP contribution < -0.4 is 0 Å². The van der Waals surface area contributed by atoms with Crippen LogP contribution in [0.15, 0.2) is 12.2 Å². The number of allylic oxidation sites excluding steroid dienone is 2. The van der Waals surface area contributed by atoms with Crippen molar-refractivity contribution in [3.8, 4) is 0 Å². The van der Waals surface area contributed by atoms with Crippen molar-refractivity contribution >= 4 is 17.9 Å². The number of carboxylic acids is 3. The molecule has 0 heterocycles. The maximum atomic E-state index is 11.1. The molecular formula is C30H56NO6+. The van der Waals surface area contributed by atoms with Crippen LogP contribution in [0.25, 0.3) is 0 Å². The summed E-state index contributed by atoms with van der Waals surface area (Å²) in [4.78, 5) is 33.4. The summed E-state index contributed by atoms with van der Waals surface area (Å²) in [5, 5.41) is 27.4. The van der Waals surface area contributed by atoms with Crippen LogP contribution in [0.1, 0.15) is 135 Å². The fourth-order valence-electron chi connectivity index (χ4n) is 4.88. The first-order valence-electron chi connectivity index (χ1n) is 15.0. The van der Waals surface area contributed by atoms with Crippen molar-refractivity contribution in [2.45, 2.75) is 135 Å². The quantitative estimate of drug-likeness (QED) is 0.0555. The third kappa shape index (κ3) is 24.2. The van der Waals surface area contributed by atoms with Crippen LogP contribution in [0.5, 0.6) is 0 Å². The number of quaternary nitrogens is 1. The van der Waals surface area contributed by atoms with Crippen LogP contribution >= 0.6 is 0 Å². The van der Waals surface area contributed by atoms with Crippen molar-refractivity contribution in [3.63, 3.8) is 0 Å². The van der Waals surface area contributed by atoms with Crippen LogP contribution in [-0.4, -0.2) is 63.9 Å². The molecule has 216 valence electrons. The molecule has 0 aliphatic heterocycles. The molecule has 0 aromatic rings. The van der Waals surface area contributed by atoms with Gasteiger partial charge in [-0.15, -0.1) is 0 Å². The Bertz CT molecular complexity index is 574. The smallest absolute Gasteiger partial charge is 0.309 e. The van der Waals surface area contributed by atoms with Crippen LogP contribution in [0.3, 0.4) is 0 Å². The molecule has 7 nitrogen and oxygen atoms in total. The lowest BCUT2D eigenvalue weighted by atomic mass is 10.0. The first kappa shape index (κ1) is 35.1. The van der Waals surface area contributed by atoms with Gasteiger partial charge in [-0.2, -0.15) is 0 Å². The average Bonchev–Trinajstić information content (AvgIpc) is 2.85. The minimum atomic E-state index is -0.932. The second-order valence-corrected chi connectivity index (χ2v) is 10.7. The number of rotatable bonds is 28. The van der Waals surface area contributed by atoms with Crippen molar-refractivity contribution in [2.75, 3.05) is 26.2 Å². The van der Waals surface area contributed by atoms with E-state index in [-0.39, 0.29) is 43.4 Å². The Kier molecular flexibility index (Phi) is 23.2. The lowest BCUT2D eigenvalue weighted by Gasteiger charge is -2.38. The zero-order valence-electron chi connectivity index (χ0n) is 23.6. The van der Waals surface area contributed by atoms with Crippen LogP contribution in [0, 0.1) is 0 Å². The predicted octanol–water partition coefficient (Wildman–Crippen LogP) is 7.44. The highest BCUT2D eigenvalue weighted by Gasteiger charge is 2.29. The molecule has 0 aromatic heterocycles. The van der Waals surface area contributed by atoms with Gasteiger partial charge in [-0.05, 0) is 32.1 Å².